The van der Waals surface area contributed by atoms with Gasteiger partial charge in [-0.3, -0.25) is 0 Å². The Bertz CT molecular complexity index is 398. The van der Waals surface area contributed by atoms with Crippen LogP contribution >= 0.6 is 17.2 Å². The summed E-state index contributed by atoms with van der Waals surface area (Å²) in [6.45, 7) is 11.2. The molecule has 0 bridgehead atoms. The molecule has 0 aliphatic rings. The Kier molecular flexibility index (Phi) is 42.3. The third-order valence-corrected chi connectivity index (χ3v) is 8.41. The minimum absolute atomic E-state index is 0.602. The van der Waals surface area contributed by atoms with Crippen LogP contribution in [0.4, 0.5) is 0 Å². The summed E-state index contributed by atoms with van der Waals surface area (Å²) in [5.41, 5.74) is 0. The van der Waals surface area contributed by atoms with E-state index in [-0.39, 0.29) is 0 Å². The van der Waals surface area contributed by atoms with E-state index in [0.29, 0.717) is 26.4 Å². The topological polar surface area (TPSA) is 77.4 Å². The zero-order chi connectivity index (χ0) is 29.8. The molecule has 0 fully saturated rings. The summed E-state index contributed by atoms with van der Waals surface area (Å²) in [5, 5.41) is 0. The van der Waals surface area contributed by atoms with Gasteiger partial charge in [0.15, 0.2) is 0 Å². The molecule has 0 amide bonds. The average Bonchev–Trinajstić information content (AvgIpc) is 2.95. The van der Waals surface area contributed by atoms with Crippen molar-refractivity contribution in [3.05, 3.63) is 0 Å². The quantitative estimate of drug-likeness (QED) is 0.0581. The lowest BCUT2D eigenvalue weighted by Gasteiger charge is -2.10. The lowest BCUT2D eigenvalue weighted by molar-refractivity contribution is 0.193. The maximum absolute atomic E-state index is 9.76. The Morgan fingerprint density at radius 2 is 0.500 bits per heavy atom. The number of unbranched alkanes of at least 4 members (excludes halogenated alkanes) is 20. The summed E-state index contributed by atoms with van der Waals surface area (Å²) in [6, 6.07) is 0. The molecule has 0 saturated heterocycles. The minimum Gasteiger partial charge on any atom is -0.328 e. The lowest BCUT2D eigenvalue weighted by atomic mass is 10.1. The van der Waals surface area contributed by atoms with E-state index in [2.05, 4.69) is 27.7 Å². The predicted octanol–water partition coefficient (Wildman–Crippen LogP) is 11.9. The molecular formula is C32H70O6P2. The Balaban J connectivity index is 0. The van der Waals surface area contributed by atoms with Gasteiger partial charge in [-0.25, -0.2) is 0 Å². The van der Waals surface area contributed by atoms with Crippen molar-refractivity contribution in [2.24, 2.45) is 0 Å². The van der Waals surface area contributed by atoms with Crippen molar-refractivity contribution in [3.8, 4) is 0 Å². The van der Waals surface area contributed by atoms with Gasteiger partial charge in [0, 0.05) is 0 Å². The minimum atomic E-state index is -1.65. The van der Waals surface area contributed by atoms with Crippen molar-refractivity contribution in [1.82, 2.24) is 0 Å². The van der Waals surface area contributed by atoms with Gasteiger partial charge >= 0.3 is 17.2 Å². The van der Waals surface area contributed by atoms with Crippen LogP contribution in [0, 0.1) is 0 Å². The molecule has 244 valence electrons. The van der Waals surface area contributed by atoms with E-state index < -0.39 is 17.2 Å². The fraction of sp³-hybridized carbons (Fsp3) is 1.00. The molecule has 0 aromatic rings. The summed E-state index contributed by atoms with van der Waals surface area (Å²) < 4.78 is 20.9. The molecule has 0 aromatic carbocycles. The van der Waals surface area contributed by atoms with E-state index in [1.54, 1.807) is 0 Å². The molecular weight excluding hydrogens is 542 g/mol. The van der Waals surface area contributed by atoms with E-state index in [4.69, 9.17) is 23.0 Å². The molecule has 40 heavy (non-hydrogen) atoms. The van der Waals surface area contributed by atoms with Crippen LogP contribution < -0.4 is 0 Å². The van der Waals surface area contributed by atoms with Crippen LogP contribution in [0.1, 0.15) is 182 Å². The van der Waals surface area contributed by atoms with Crippen molar-refractivity contribution < 1.29 is 27.9 Å². The molecule has 0 aliphatic carbocycles. The van der Waals surface area contributed by atoms with Crippen LogP contribution in [0.2, 0.25) is 0 Å². The fourth-order valence-corrected chi connectivity index (χ4v) is 5.40. The van der Waals surface area contributed by atoms with Gasteiger partial charge < -0.3 is 27.9 Å². The van der Waals surface area contributed by atoms with Gasteiger partial charge in [0.1, 0.15) is 0 Å². The first-order valence-electron chi connectivity index (χ1n) is 17.1. The zero-order valence-electron chi connectivity index (χ0n) is 27.2. The van der Waals surface area contributed by atoms with Crippen molar-refractivity contribution in [2.75, 3.05) is 26.4 Å². The summed E-state index contributed by atoms with van der Waals surface area (Å²) >= 11 is 0. The van der Waals surface area contributed by atoms with Gasteiger partial charge in [0.05, 0.1) is 26.4 Å². The second-order valence-corrected chi connectivity index (χ2v) is 12.9. The second kappa shape index (κ2) is 39.6. The number of hydrogen-bond acceptors (Lipinski definition) is 6. The summed E-state index contributed by atoms with van der Waals surface area (Å²) in [6.07, 6.45) is 30.5. The third-order valence-electron chi connectivity index (χ3n) is 6.80. The summed E-state index contributed by atoms with van der Waals surface area (Å²) in [5.74, 6) is 0. The first kappa shape index (κ1) is 42.8. The van der Waals surface area contributed by atoms with Crippen molar-refractivity contribution in [3.63, 3.8) is 0 Å². The zero-order valence-corrected chi connectivity index (χ0v) is 29.0. The summed E-state index contributed by atoms with van der Waals surface area (Å²) in [7, 11) is -3.26. The van der Waals surface area contributed by atoms with Crippen LogP contribution in [0.3, 0.4) is 0 Å². The number of hydrogen-bond donors (Lipinski definition) is 2. The largest absolute Gasteiger partial charge is 0.329 e. The average molecular weight is 613 g/mol. The fourth-order valence-electron chi connectivity index (χ4n) is 4.11. The lowest BCUT2D eigenvalue weighted by Crippen LogP contribution is -1.95. The molecule has 0 heterocycles. The molecule has 6 nitrogen and oxygen atoms in total. The van der Waals surface area contributed by atoms with E-state index in [9.17, 15) is 4.89 Å². The highest BCUT2D eigenvalue weighted by molar-refractivity contribution is 7.40. The standard InChI is InChI=1S/C24H51O3P.C8H19O3P/c1-3-5-7-9-11-13-15-17-19-21-23-26-28(25)27-24-22-20-18-16-14-12-10-8-6-4-2;1-3-5-7-10-12(9)11-8-6-4-2/h25H,3-24H2,1-2H3;9H,3-8H2,1-2H3. The number of rotatable bonds is 32. The van der Waals surface area contributed by atoms with E-state index in [1.807, 2.05) is 0 Å². The van der Waals surface area contributed by atoms with E-state index in [1.165, 1.54) is 116 Å². The highest BCUT2D eigenvalue weighted by atomic mass is 31.2. The molecule has 8 heteroatoms. The monoisotopic (exact) mass is 612 g/mol. The smallest absolute Gasteiger partial charge is 0.328 e. The van der Waals surface area contributed by atoms with Crippen LogP contribution in [0.15, 0.2) is 0 Å². The van der Waals surface area contributed by atoms with Crippen LogP contribution in [-0.2, 0) is 18.1 Å². The van der Waals surface area contributed by atoms with Crippen LogP contribution in [0.5, 0.6) is 0 Å². The van der Waals surface area contributed by atoms with Gasteiger partial charge in [-0.2, -0.15) is 0 Å². The maximum atomic E-state index is 9.76. The van der Waals surface area contributed by atoms with Crippen molar-refractivity contribution >= 4 is 17.2 Å². The van der Waals surface area contributed by atoms with Gasteiger partial charge in [-0.15, -0.1) is 0 Å². The first-order valence-corrected chi connectivity index (χ1v) is 19.4. The maximum Gasteiger partial charge on any atom is 0.329 e. The summed E-state index contributed by atoms with van der Waals surface area (Å²) in [4.78, 5) is 18.9. The van der Waals surface area contributed by atoms with E-state index >= 15 is 0 Å². The van der Waals surface area contributed by atoms with Crippen LogP contribution in [-0.4, -0.2) is 36.2 Å². The molecule has 0 radical (unpaired) electrons. The highest BCUT2D eigenvalue weighted by Gasteiger charge is 2.06. The molecule has 0 rings (SSSR count). The molecule has 0 aromatic heterocycles. The normalized spacial score (nSPS) is 11.4. The molecule has 0 unspecified atom stereocenters. The van der Waals surface area contributed by atoms with Gasteiger partial charge in [-0.1, -0.05) is 156 Å². The Morgan fingerprint density at radius 3 is 0.750 bits per heavy atom. The van der Waals surface area contributed by atoms with Crippen molar-refractivity contribution in [2.45, 2.75) is 182 Å². The molecule has 2 N–H and O–H groups in total. The Morgan fingerprint density at radius 1 is 0.300 bits per heavy atom. The van der Waals surface area contributed by atoms with Crippen LogP contribution in [0.25, 0.3) is 0 Å². The van der Waals surface area contributed by atoms with Gasteiger partial charge in [0.2, 0.25) is 0 Å². The molecule has 0 aliphatic heterocycles. The second-order valence-electron chi connectivity index (χ2n) is 10.9. The Hall–Kier alpha value is 0.620. The molecule has 0 atom stereocenters. The van der Waals surface area contributed by atoms with E-state index in [0.717, 1.165) is 38.5 Å². The molecule has 0 spiro atoms. The van der Waals surface area contributed by atoms with Gasteiger partial charge in [-0.05, 0) is 25.7 Å². The third kappa shape index (κ3) is 40.8. The predicted molar refractivity (Wildman–Crippen MR) is 176 cm³/mol. The van der Waals surface area contributed by atoms with Crippen molar-refractivity contribution in [1.29, 1.82) is 0 Å². The SMILES string of the molecule is CCCCCCCCCCCCOP(O)OCCCCCCCCCCCC.CCCCOP(O)OCCCC. The van der Waals surface area contributed by atoms with Gasteiger partial charge in [0.25, 0.3) is 0 Å². The Labute approximate surface area is 253 Å². The molecule has 0 saturated carbocycles. The highest BCUT2D eigenvalue weighted by Crippen LogP contribution is 2.33. The first-order chi connectivity index (χ1) is 19.6.